The van der Waals surface area contributed by atoms with Crippen LogP contribution in [-0.4, -0.2) is 27.5 Å². The van der Waals surface area contributed by atoms with E-state index in [1.165, 1.54) is 23.1 Å². The minimum Gasteiger partial charge on any atom is -0.422 e. The molecule has 3 heterocycles. The van der Waals surface area contributed by atoms with Crippen molar-refractivity contribution in [3.8, 4) is 5.75 Å². The molecule has 1 aromatic carbocycles. The van der Waals surface area contributed by atoms with Crippen molar-refractivity contribution in [1.29, 1.82) is 0 Å². The Morgan fingerprint density at radius 2 is 1.93 bits per heavy atom. The molecule has 0 saturated heterocycles. The Hall–Kier alpha value is -3.10. The Labute approximate surface area is 169 Å². The monoisotopic (exact) mass is 409 g/mol. The molecule has 0 spiro atoms. The fraction of sp³-hybridized carbons (Fsp3) is 0.0500. The van der Waals surface area contributed by atoms with Crippen LogP contribution in [0.4, 0.5) is 5.69 Å². The van der Waals surface area contributed by atoms with Crippen LogP contribution in [0.3, 0.4) is 0 Å². The highest BCUT2D eigenvalue weighted by Gasteiger charge is 2.19. The van der Waals surface area contributed by atoms with Crippen LogP contribution < -0.4 is 10.1 Å². The number of imidazole rings is 1. The molecule has 1 amide bonds. The van der Waals surface area contributed by atoms with Gasteiger partial charge in [0.1, 0.15) is 5.75 Å². The number of amides is 1. The number of thioether (sulfide) groups is 1. The summed E-state index contributed by atoms with van der Waals surface area (Å²) in [6, 6.07) is 15.8. The van der Waals surface area contributed by atoms with E-state index in [0.717, 1.165) is 0 Å². The van der Waals surface area contributed by atoms with Crippen molar-refractivity contribution < 1.29 is 14.3 Å². The average Bonchev–Trinajstić information content (AvgIpc) is 3.37. The first kappa shape index (κ1) is 18.3. The highest BCUT2D eigenvalue weighted by molar-refractivity contribution is 7.98. The zero-order chi connectivity index (χ0) is 19.5. The van der Waals surface area contributed by atoms with E-state index in [2.05, 4.69) is 10.3 Å². The molecular formula is C20H15N3O3S2. The highest BCUT2D eigenvalue weighted by Crippen LogP contribution is 2.23. The lowest BCUT2D eigenvalue weighted by atomic mass is 10.3. The van der Waals surface area contributed by atoms with Crippen molar-refractivity contribution in [3.05, 3.63) is 76.7 Å². The summed E-state index contributed by atoms with van der Waals surface area (Å²) in [5.41, 5.74) is 1.58. The first-order valence-electron chi connectivity index (χ1n) is 8.34. The van der Waals surface area contributed by atoms with Crippen molar-refractivity contribution in [3.63, 3.8) is 0 Å². The number of benzene rings is 1. The van der Waals surface area contributed by atoms with Gasteiger partial charge >= 0.3 is 5.97 Å². The van der Waals surface area contributed by atoms with Crippen molar-refractivity contribution in [2.45, 2.75) is 5.16 Å². The molecule has 3 aromatic heterocycles. The van der Waals surface area contributed by atoms with Gasteiger partial charge in [0.15, 0.2) is 10.9 Å². The molecule has 0 bridgehead atoms. The van der Waals surface area contributed by atoms with Crippen LogP contribution >= 0.6 is 23.1 Å². The molecule has 1 N–H and O–H groups in total. The molecule has 0 unspecified atom stereocenters. The first-order valence-corrected chi connectivity index (χ1v) is 10.4. The third kappa shape index (κ3) is 3.64. The van der Waals surface area contributed by atoms with E-state index in [-0.39, 0.29) is 11.6 Å². The second kappa shape index (κ2) is 7.87. The van der Waals surface area contributed by atoms with Gasteiger partial charge in [-0.15, -0.1) is 11.3 Å². The van der Waals surface area contributed by atoms with E-state index in [0.29, 0.717) is 27.0 Å². The second-order valence-electron chi connectivity index (χ2n) is 5.75. The van der Waals surface area contributed by atoms with Gasteiger partial charge in [0.2, 0.25) is 0 Å². The van der Waals surface area contributed by atoms with Crippen molar-refractivity contribution in [2.75, 3.05) is 11.6 Å². The number of hydrogen-bond acceptors (Lipinski definition) is 6. The number of ether oxygens (including phenoxy) is 1. The van der Waals surface area contributed by atoms with Gasteiger partial charge in [-0.1, -0.05) is 23.9 Å². The number of aromatic nitrogens is 2. The van der Waals surface area contributed by atoms with Crippen molar-refractivity contribution in [2.24, 2.45) is 0 Å². The minimum atomic E-state index is -0.528. The van der Waals surface area contributed by atoms with Crippen LogP contribution in [0, 0.1) is 0 Å². The lowest BCUT2D eigenvalue weighted by molar-refractivity contribution is 0.0730. The molecule has 4 rings (SSSR count). The van der Waals surface area contributed by atoms with Crippen LogP contribution in [0.1, 0.15) is 20.2 Å². The number of carbonyl (C=O) groups excluding carboxylic acids is 2. The SMILES string of the molecule is CSc1nc(C(=O)Oc2ccc(NC(=O)c3cccs3)cc2)c2ccccn12. The quantitative estimate of drug-likeness (QED) is 0.297. The lowest BCUT2D eigenvalue weighted by Crippen LogP contribution is -2.11. The van der Waals surface area contributed by atoms with E-state index in [4.69, 9.17) is 4.74 Å². The van der Waals surface area contributed by atoms with Gasteiger partial charge in [0.25, 0.3) is 5.91 Å². The Balaban J connectivity index is 1.49. The summed E-state index contributed by atoms with van der Waals surface area (Å²) in [6.07, 6.45) is 3.76. The lowest BCUT2D eigenvalue weighted by Gasteiger charge is -2.06. The summed E-state index contributed by atoms with van der Waals surface area (Å²) < 4.78 is 7.32. The standard InChI is InChI=1S/C20H15N3O3S2/c1-27-20-22-17(15-5-2-3-11-23(15)20)19(25)26-14-9-7-13(8-10-14)21-18(24)16-6-4-12-28-16/h2-12H,1H3,(H,21,24). The van der Waals surface area contributed by atoms with Gasteiger partial charge in [0.05, 0.1) is 10.4 Å². The van der Waals surface area contributed by atoms with Crippen LogP contribution in [-0.2, 0) is 0 Å². The molecule has 0 aliphatic carbocycles. The number of hydrogen-bond donors (Lipinski definition) is 1. The molecule has 4 aromatic rings. The molecule has 0 saturated carbocycles. The second-order valence-corrected chi connectivity index (χ2v) is 7.47. The Bertz CT molecular complexity index is 1140. The number of anilines is 1. The van der Waals surface area contributed by atoms with Gasteiger partial charge in [-0.05, 0) is 54.1 Å². The summed E-state index contributed by atoms with van der Waals surface area (Å²) in [6.45, 7) is 0. The topological polar surface area (TPSA) is 72.7 Å². The van der Waals surface area contributed by atoms with Crippen LogP contribution in [0.15, 0.2) is 71.3 Å². The molecule has 0 aliphatic rings. The largest absolute Gasteiger partial charge is 0.422 e. The Morgan fingerprint density at radius 1 is 1.11 bits per heavy atom. The molecule has 0 fully saturated rings. The minimum absolute atomic E-state index is 0.172. The summed E-state index contributed by atoms with van der Waals surface area (Å²) >= 11 is 2.83. The number of pyridine rings is 1. The zero-order valence-electron chi connectivity index (χ0n) is 14.8. The first-order chi connectivity index (χ1) is 13.7. The number of carbonyl (C=O) groups is 2. The van der Waals surface area contributed by atoms with Crippen LogP contribution in [0.2, 0.25) is 0 Å². The predicted octanol–water partition coefficient (Wildman–Crippen LogP) is 4.59. The third-order valence-corrected chi connectivity index (χ3v) is 5.48. The van der Waals surface area contributed by atoms with E-state index in [9.17, 15) is 9.59 Å². The maximum atomic E-state index is 12.6. The smallest absolute Gasteiger partial charge is 0.364 e. The number of nitrogens with one attached hydrogen (secondary N) is 1. The third-order valence-electron chi connectivity index (χ3n) is 3.96. The summed E-state index contributed by atoms with van der Waals surface area (Å²) in [5, 5.41) is 5.37. The normalized spacial score (nSPS) is 10.8. The van der Waals surface area contributed by atoms with Crippen molar-refractivity contribution >= 4 is 46.2 Å². The van der Waals surface area contributed by atoms with E-state index >= 15 is 0 Å². The highest BCUT2D eigenvalue weighted by atomic mass is 32.2. The van der Waals surface area contributed by atoms with Crippen molar-refractivity contribution in [1.82, 2.24) is 9.38 Å². The number of rotatable bonds is 5. The van der Waals surface area contributed by atoms with Gasteiger partial charge in [-0.25, -0.2) is 9.78 Å². The molecule has 0 aliphatic heterocycles. The molecular weight excluding hydrogens is 394 g/mol. The number of fused-ring (bicyclic) bond motifs is 1. The van der Waals surface area contributed by atoms with Gasteiger partial charge < -0.3 is 10.1 Å². The van der Waals surface area contributed by atoms with Gasteiger partial charge in [-0.2, -0.15) is 0 Å². The molecule has 6 nitrogen and oxygen atoms in total. The zero-order valence-corrected chi connectivity index (χ0v) is 16.4. The van der Waals surface area contributed by atoms with E-state index in [1.54, 1.807) is 30.3 Å². The molecule has 28 heavy (non-hydrogen) atoms. The fourth-order valence-electron chi connectivity index (χ4n) is 2.67. The molecule has 8 heteroatoms. The van der Waals surface area contributed by atoms with Crippen LogP contribution in [0.25, 0.3) is 5.52 Å². The predicted molar refractivity (Wildman–Crippen MR) is 111 cm³/mol. The fourth-order valence-corrected chi connectivity index (χ4v) is 3.82. The maximum absolute atomic E-state index is 12.6. The van der Waals surface area contributed by atoms with Gasteiger partial charge in [0, 0.05) is 11.9 Å². The number of esters is 1. The summed E-state index contributed by atoms with van der Waals surface area (Å²) in [5.74, 6) is -0.324. The van der Waals surface area contributed by atoms with E-state index in [1.807, 2.05) is 46.5 Å². The van der Waals surface area contributed by atoms with Crippen LogP contribution in [0.5, 0.6) is 5.75 Å². The maximum Gasteiger partial charge on any atom is 0.364 e. The number of nitrogens with zero attached hydrogens (tertiary/aromatic N) is 2. The van der Waals surface area contributed by atoms with Gasteiger partial charge in [-0.3, -0.25) is 9.20 Å². The molecule has 140 valence electrons. The average molecular weight is 409 g/mol. The molecule has 0 radical (unpaired) electrons. The Morgan fingerprint density at radius 3 is 2.64 bits per heavy atom. The van der Waals surface area contributed by atoms with E-state index < -0.39 is 5.97 Å². The Kier molecular flexibility index (Phi) is 5.14. The number of thiophene rings is 1. The molecule has 0 atom stereocenters. The summed E-state index contributed by atoms with van der Waals surface area (Å²) in [4.78, 5) is 29.7. The summed E-state index contributed by atoms with van der Waals surface area (Å²) in [7, 11) is 0.